The largest absolute Gasteiger partial charge is 0.494 e. The molecular weight excluding hydrogens is 275 g/mol. The molecular formula is C13H16F3NOS. The molecule has 2 nitrogen and oxygen atoms in total. The van der Waals surface area contributed by atoms with Crippen molar-refractivity contribution < 1.29 is 17.9 Å². The van der Waals surface area contributed by atoms with Crippen LogP contribution in [0.3, 0.4) is 0 Å². The molecule has 0 saturated heterocycles. The fourth-order valence-electron chi connectivity index (χ4n) is 1.48. The zero-order valence-electron chi connectivity index (χ0n) is 10.8. The molecule has 2 N–H and O–H groups in total. The molecule has 19 heavy (non-hydrogen) atoms. The molecule has 6 heteroatoms. The summed E-state index contributed by atoms with van der Waals surface area (Å²) in [6.07, 6.45) is -3.73. The van der Waals surface area contributed by atoms with Gasteiger partial charge in [0.05, 0.1) is 12.2 Å². The van der Waals surface area contributed by atoms with Crippen LogP contribution in [0.25, 0.3) is 0 Å². The third-order valence-electron chi connectivity index (χ3n) is 2.53. The highest BCUT2D eigenvalue weighted by molar-refractivity contribution is 7.80. The van der Waals surface area contributed by atoms with Crippen LogP contribution >= 0.6 is 12.2 Å². The molecule has 1 aromatic rings. The molecule has 0 radical (unpaired) electrons. The average molecular weight is 291 g/mol. The quantitative estimate of drug-likeness (QED) is 0.839. The van der Waals surface area contributed by atoms with E-state index in [0.717, 1.165) is 12.5 Å². The molecule has 0 spiro atoms. The Morgan fingerprint density at radius 2 is 2.00 bits per heavy atom. The normalized spacial score (nSPS) is 11.7. The van der Waals surface area contributed by atoms with Crippen molar-refractivity contribution in [1.82, 2.24) is 0 Å². The van der Waals surface area contributed by atoms with Gasteiger partial charge in [-0.15, -0.1) is 0 Å². The van der Waals surface area contributed by atoms with Crippen LogP contribution in [0, 0.1) is 5.92 Å². The summed E-state index contributed by atoms with van der Waals surface area (Å²) in [6.45, 7) is 4.41. The molecule has 0 aromatic heterocycles. The van der Waals surface area contributed by atoms with Gasteiger partial charge in [0.15, 0.2) is 0 Å². The summed E-state index contributed by atoms with van der Waals surface area (Å²) in [7, 11) is 0. The fourth-order valence-corrected chi connectivity index (χ4v) is 1.65. The standard InChI is InChI=1S/C13H16F3NOS/c1-8(2)5-6-18-9-3-4-10(12(17)19)11(7-9)13(14,15)16/h3-4,7-8H,5-6H2,1-2H3,(H2,17,19). The van der Waals surface area contributed by atoms with Crippen LogP contribution < -0.4 is 10.5 Å². The van der Waals surface area contributed by atoms with E-state index >= 15 is 0 Å². The van der Waals surface area contributed by atoms with E-state index in [9.17, 15) is 13.2 Å². The first kappa shape index (κ1) is 15.8. The second-order valence-electron chi connectivity index (χ2n) is 4.60. The van der Waals surface area contributed by atoms with E-state index < -0.39 is 11.7 Å². The first-order chi connectivity index (χ1) is 8.71. The van der Waals surface area contributed by atoms with Crippen LogP contribution in [0.2, 0.25) is 0 Å². The summed E-state index contributed by atoms with van der Waals surface area (Å²) in [4.78, 5) is -0.277. The van der Waals surface area contributed by atoms with E-state index in [1.165, 1.54) is 12.1 Å². The van der Waals surface area contributed by atoms with Crippen molar-refractivity contribution in [1.29, 1.82) is 0 Å². The van der Waals surface area contributed by atoms with Crippen molar-refractivity contribution in [2.75, 3.05) is 6.61 Å². The Morgan fingerprint density at radius 1 is 1.37 bits per heavy atom. The predicted molar refractivity (Wildman–Crippen MR) is 72.3 cm³/mol. The Balaban J connectivity index is 2.96. The minimum Gasteiger partial charge on any atom is -0.494 e. The fraction of sp³-hybridized carbons (Fsp3) is 0.462. The zero-order valence-corrected chi connectivity index (χ0v) is 11.6. The van der Waals surface area contributed by atoms with E-state index in [1.54, 1.807) is 0 Å². The molecule has 0 heterocycles. The Bertz CT molecular complexity index is 458. The van der Waals surface area contributed by atoms with Gasteiger partial charge in [-0.05, 0) is 30.5 Å². The van der Waals surface area contributed by atoms with Crippen molar-refractivity contribution in [3.63, 3.8) is 0 Å². The molecule has 106 valence electrons. The van der Waals surface area contributed by atoms with Crippen LogP contribution in [0.15, 0.2) is 18.2 Å². The highest BCUT2D eigenvalue weighted by atomic mass is 32.1. The van der Waals surface area contributed by atoms with Gasteiger partial charge in [-0.3, -0.25) is 0 Å². The summed E-state index contributed by atoms with van der Waals surface area (Å²) < 4.78 is 43.9. The molecule has 1 aromatic carbocycles. The molecule has 0 bridgehead atoms. The lowest BCUT2D eigenvalue weighted by Gasteiger charge is -2.14. The third kappa shape index (κ3) is 4.70. The molecule has 0 atom stereocenters. The minimum absolute atomic E-state index is 0.174. The monoisotopic (exact) mass is 291 g/mol. The maximum absolute atomic E-state index is 12.9. The highest BCUT2D eigenvalue weighted by Crippen LogP contribution is 2.34. The molecule has 0 saturated carbocycles. The number of rotatable bonds is 5. The van der Waals surface area contributed by atoms with Crippen LogP contribution in [-0.4, -0.2) is 11.6 Å². The zero-order chi connectivity index (χ0) is 14.6. The number of hydrogen-bond acceptors (Lipinski definition) is 2. The third-order valence-corrected chi connectivity index (χ3v) is 2.75. The molecule has 0 fully saturated rings. The van der Waals surface area contributed by atoms with Crippen LogP contribution in [0.4, 0.5) is 13.2 Å². The van der Waals surface area contributed by atoms with E-state index in [0.29, 0.717) is 12.5 Å². The van der Waals surface area contributed by atoms with Crippen molar-refractivity contribution in [2.24, 2.45) is 11.7 Å². The molecule has 0 unspecified atom stereocenters. The molecule has 1 rings (SSSR count). The van der Waals surface area contributed by atoms with Gasteiger partial charge >= 0.3 is 6.18 Å². The van der Waals surface area contributed by atoms with Crippen molar-refractivity contribution in [2.45, 2.75) is 26.4 Å². The number of nitrogens with two attached hydrogens (primary N) is 1. The van der Waals surface area contributed by atoms with Gasteiger partial charge in [0, 0.05) is 5.56 Å². The van der Waals surface area contributed by atoms with Gasteiger partial charge in [0.2, 0.25) is 0 Å². The van der Waals surface area contributed by atoms with Gasteiger partial charge in [0.1, 0.15) is 10.7 Å². The molecule has 0 aliphatic heterocycles. The van der Waals surface area contributed by atoms with Gasteiger partial charge in [-0.25, -0.2) is 0 Å². The Morgan fingerprint density at radius 3 is 2.47 bits per heavy atom. The lowest BCUT2D eigenvalue weighted by atomic mass is 10.1. The summed E-state index contributed by atoms with van der Waals surface area (Å²) in [5.41, 5.74) is 4.25. The number of hydrogen-bond donors (Lipinski definition) is 1. The highest BCUT2D eigenvalue weighted by Gasteiger charge is 2.34. The lowest BCUT2D eigenvalue weighted by Crippen LogP contribution is -2.18. The summed E-state index contributed by atoms with van der Waals surface area (Å²) in [5, 5.41) is 0. The Kier molecular flexibility index (Phi) is 5.17. The van der Waals surface area contributed by atoms with Gasteiger partial charge in [0.25, 0.3) is 0 Å². The first-order valence-corrected chi connectivity index (χ1v) is 6.26. The van der Waals surface area contributed by atoms with E-state index in [2.05, 4.69) is 12.2 Å². The first-order valence-electron chi connectivity index (χ1n) is 5.85. The van der Waals surface area contributed by atoms with Crippen LogP contribution in [-0.2, 0) is 6.18 Å². The topological polar surface area (TPSA) is 35.2 Å². The summed E-state index contributed by atoms with van der Waals surface area (Å²) in [5.74, 6) is 0.603. The summed E-state index contributed by atoms with van der Waals surface area (Å²) in [6, 6.07) is 3.63. The number of halogens is 3. The van der Waals surface area contributed by atoms with Crippen molar-refractivity contribution in [3.8, 4) is 5.75 Å². The number of benzene rings is 1. The second-order valence-corrected chi connectivity index (χ2v) is 5.04. The lowest BCUT2D eigenvalue weighted by molar-refractivity contribution is -0.137. The molecule has 0 aliphatic carbocycles. The van der Waals surface area contributed by atoms with E-state index in [1.807, 2.05) is 13.8 Å². The van der Waals surface area contributed by atoms with Crippen LogP contribution in [0.1, 0.15) is 31.4 Å². The minimum atomic E-state index is -4.50. The van der Waals surface area contributed by atoms with Crippen molar-refractivity contribution >= 4 is 17.2 Å². The number of thiocarbonyl (C=S) groups is 1. The predicted octanol–water partition coefficient (Wildman–Crippen LogP) is 3.76. The van der Waals surface area contributed by atoms with Crippen molar-refractivity contribution in [3.05, 3.63) is 29.3 Å². The van der Waals surface area contributed by atoms with Crippen LogP contribution in [0.5, 0.6) is 5.75 Å². The number of ether oxygens (including phenoxy) is 1. The molecule has 0 aliphatic rings. The average Bonchev–Trinajstić information content (AvgIpc) is 2.27. The maximum atomic E-state index is 12.9. The van der Waals surface area contributed by atoms with Gasteiger partial charge in [-0.1, -0.05) is 26.1 Å². The Hall–Kier alpha value is -1.30. The molecule has 0 amide bonds. The second kappa shape index (κ2) is 6.23. The smallest absolute Gasteiger partial charge is 0.417 e. The SMILES string of the molecule is CC(C)CCOc1ccc(C(N)=S)c(C(F)(F)F)c1. The van der Waals surface area contributed by atoms with Gasteiger partial charge in [-0.2, -0.15) is 13.2 Å². The summed E-state index contributed by atoms with van der Waals surface area (Å²) >= 11 is 4.62. The van der Waals surface area contributed by atoms with Gasteiger partial charge < -0.3 is 10.5 Å². The maximum Gasteiger partial charge on any atom is 0.417 e. The Labute approximate surface area is 115 Å². The number of alkyl halides is 3. The van der Waals surface area contributed by atoms with E-state index in [4.69, 9.17) is 10.5 Å². The van der Waals surface area contributed by atoms with E-state index in [-0.39, 0.29) is 16.3 Å².